The number of nitrogens with zero attached hydrogens (tertiary/aromatic N) is 3. The number of rotatable bonds is 3. The van der Waals surface area contributed by atoms with E-state index in [2.05, 4.69) is 10.1 Å². The Morgan fingerprint density at radius 2 is 1.56 bits per heavy atom. The van der Waals surface area contributed by atoms with E-state index in [0.29, 0.717) is 21.7 Å². The van der Waals surface area contributed by atoms with Crippen molar-refractivity contribution in [3.8, 4) is 11.3 Å². The third-order valence-corrected chi connectivity index (χ3v) is 5.42. The Morgan fingerprint density at radius 1 is 0.889 bits per heavy atom. The number of hydrogen-bond acceptors (Lipinski definition) is 3. The minimum absolute atomic E-state index is 0.0523. The van der Waals surface area contributed by atoms with Crippen molar-refractivity contribution in [3.05, 3.63) is 95.3 Å². The van der Waals surface area contributed by atoms with E-state index < -0.39 is 57.9 Å². The second-order valence-corrected chi connectivity index (χ2v) is 7.64. The Hall–Kier alpha value is -4.48. The number of alkyl halides is 3. The van der Waals surface area contributed by atoms with Crippen molar-refractivity contribution < 1.29 is 35.5 Å². The van der Waals surface area contributed by atoms with Gasteiger partial charge < -0.3 is 5.32 Å². The van der Waals surface area contributed by atoms with Gasteiger partial charge in [-0.1, -0.05) is 42.5 Å². The summed E-state index contributed by atoms with van der Waals surface area (Å²) in [5.41, 5.74) is -3.77. The molecule has 0 aliphatic rings. The third-order valence-electron chi connectivity index (χ3n) is 5.42. The van der Waals surface area contributed by atoms with E-state index in [1.807, 2.05) is 0 Å². The van der Waals surface area contributed by atoms with E-state index in [4.69, 9.17) is 0 Å². The quantitative estimate of drug-likeness (QED) is 0.229. The molecular weight excluding hydrogens is 493 g/mol. The zero-order valence-electron chi connectivity index (χ0n) is 17.7. The van der Waals surface area contributed by atoms with Crippen LogP contribution in [0.15, 0.2) is 60.8 Å². The largest absolute Gasteiger partial charge is 0.433 e. The molecule has 1 N–H and O–H groups in total. The van der Waals surface area contributed by atoms with Gasteiger partial charge in [-0.3, -0.25) is 4.79 Å². The molecule has 0 spiro atoms. The molecule has 2 heterocycles. The number of amides is 1. The number of benzene rings is 3. The van der Waals surface area contributed by atoms with Gasteiger partial charge in [-0.2, -0.15) is 18.3 Å². The molecule has 5 nitrogen and oxygen atoms in total. The summed E-state index contributed by atoms with van der Waals surface area (Å²) in [6, 6.07) is 12.5. The standard InChI is InChI=1S/C24H11F7N4O/c25-15-8-16(26)20(28)21(19(15)27)34-23(36)14-10-32-35-18(24(29,30)31)9-17(33-22(14)35)13-7-3-5-11-4-1-2-6-12(11)13/h1-10H,(H,34,36). The molecule has 0 fully saturated rings. The summed E-state index contributed by atoms with van der Waals surface area (Å²) in [6.07, 6.45) is -4.23. The fourth-order valence-electron chi connectivity index (χ4n) is 3.78. The van der Waals surface area contributed by atoms with Crippen LogP contribution in [0.1, 0.15) is 16.1 Å². The van der Waals surface area contributed by atoms with Gasteiger partial charge >= 0.3 is 6.18 Å². The van der Waals surface area contributed by atoms with Crippen LogP contribution in [0.2, 0.25) is 0 Å². The highest BCUT2D eigenvalue weighted by Gasteiger charge is 2.36. The summed E-state index contributed by atoms with van der Waals surface area (Å²) >= 11 is 0. The van der Waals surface area contributed by atoms with Crippen LogP contribution in [0.25, 0.3) is 27.7 Å². The fourth-order valence-corrected chi connectivity index (χ4v) is 3.78. The molecule has 0 aliphatic heterocycles. The number of aromatic nitrogens is 3. The van der Waals surface area contributed by atoms with E-state index >= 15 is 0 Å². The molecule has 0 saturated heterocycles. The highest BCUT2D eigenvalue weighted by molar-refractivity contribution is 6.08. The van der Waals surface area contributed by atoms with Crippen molar-refractivity contribution in [2.45, 2.75) is 6.18 Å². The molecule has 1 amide bonds. The maximum absolute atomic E-state index is 14.0. The lowest BCUT2D eigenvalue weighted by molar-refractivity contribution is -0.142. The molecule has 0 unspecified atom stereocenters. The molecule has 12 heteroatoms. The van der Waals surface area contributed by atoms with Crippen LogP contribution in [0, 0.1) is 23.3 Å². The molecule has 0 saturated carbocycles. The van der Waals surface area contributed by atoms with Crippen molar-refractivity contribution >= 4 is 28.0 Å². The molecule has 182 valence electrons. The molecule has 5 aromatic rings. The smallest absolute Gasteiger partial charge is 0.317 e. The number of nitrogens with one attached hydrogen (secondary N) is 1. The molecule has 0 aliphatic carbocycles. The lowest BCUT2D eigenvalue weighted by Gasteiger charge is -2.13. The number of halogens is 7. The fraction of sp³-hybridized carbons (Fsp3) is 0.0417. The summed E-state index contributed by atoms with van der Waals surface area (Å²) in [5.74, 6) is -8.72. The van der Waals surface area contributed by atoms with Crippen LogP contribution in [-0.4, -0.2) is 20.5 Å². The van der Waals surface area contributed by atoms with Gasteiger partial charge in [0.25, 0.3) is 5.91 Å². The van der Waals surface area contributed by atoms with Crippen molar-refractivity contribution in [2.24, 2.45) is 0 Å². The zero-order valence-corrected chi connectivity index (χ0v) is 17.7. The Balaban J connectivity index is 1.70. The van der Waals surface area contributed by atoms with Crippen molar-refractivity contribution in [1.29, 1.82) is 0 Å². The van der Waals surface area contributed by atoms with Gasteiger partial charge in [-0.15, -0.1) is 0 Å². The van der Waals surface area contributed by atoms with Crippen LogP contribution in [0.5, 0.6) is 0 Å². The monoisotopic (exact) mass is 504 g/mol. The molecule has 0 radical (unpaired) electrons. The average Bonchev–Trinajstić information content (AvgIpc) is 3.28. The number of fused-ring (bicyclic) bond motifs is 2. The summed E-state index contributed by atoms with van der Waals surface area (Å²) < 4.78 is 97.2. The van der Waals surface area contributed by atoms with Crippen LogP contribution in [0.4, 0.5) is 36.4 Å². The number of hydrogen-bond donors (Lipinski definition) is 1. The number of carbonyl (C=O) groups excluding carboxylic acids is 1. The second kappa shape index (κ2) is 8.33. The van der Waals surface area contributed by atoms with Crippen LogP contribution in [0.3, 0.4) is 0 Å². The summed E-state index contributed by atoms with van der Waals surface area (Å²) in [5, 5.41) is 6.52. The first-order chi connectivity index (χ1) is 17.1. The van der Waals surface area contributed by atoms with E-state index in [1.165, 1.54) is 6.07 Å². The second-order valence-electron chi connectivity index (χ2n) is 7.64. The first-order valence-electron chi connectivity index (χ1n) is 10.1. The van der Waals surface area contributed by atoms with Crippen molar-refractivity contribution in [1.82, 2.24) is 14.6 Å². The Kier molecular flexibility index (Phi) is 5.38. The zero-order chi connectivity index (χ0) is 25.8. The summed E-state index contributed by atoms with van der Waals surface area (Å²) in [6.45, 7) is 0. The molecule has 0 atom stereocenters. The maximum atomic E-state index is 14.0. The third kappa shape index (κ3) is 3.80. The number of anilines is 1. The minimum atomic E-state index is -4.93. The molecule has 0 bridgehead atoms. The van der Waals surface area contributed by atoms with Gasteiger partial charge in [0, 0.05) is 11.6 Å². The summed E-state index contributed by atoms with van der Waals surface area (Å²) in [4.78, 5) is 16.9. The van der Waals surface area contributed by atoms with E-state index in [1.54, 1.807) is 41.7 Å². The van der Waals surface area contributed by atoms with E-state index in [-0.39, 0.29) is 11.8 Å². The predicted octanol–water partition coefficient (Wildman–Crippen LogP) is 6.38. The molecule has 3 aromatic carbocycles. The molecule has 2 aromatic heterocycles. The van der Waals surface area contributed by atoms with Gasteiger partial charge in [0.15, 0.2) is 34.6 Å². The van der Waals surface area contributed by atoms with Crippen molar-refractivity contribution in [2.75, 3.05) is 5.32 Å². The van der Waals surface area contributed by atoms with Gasteiger partial charge in [-0.25, -0.2) is 27.1 Å². The Morgan fingerprint density at radius 3 is 2.25 bits per heavy atom. The lowest BCUT2D eigenvalue weighted by atomic mass is 10.0. The lowest BCUT2D eigenvalue weighted by Crippen LogP contribution is -2.17. The average molecular weight is 504 g/mol. The van der Waals surface area contributed by atoms with Crippen LogP contribution >= 0.6 is 0 Å². The normalized spacial score (nSPS) is 11.9. The Bertz CT molecular complexity index is 1650. The van der Waals surface area contributed by atoms with Gasteiger partial charge in [0.1, 0.15) is 11.3 Å². The molecule has 5 rings (SSSR count). The minimum Gasteiger partial charge on any atom is -0.317 e. The highest BCUT2D eigenvalue weighted by atomic mass is 19.4. The highest BCUT2D eigenvalue weighted by Crippen LogP contribution is 2.35. The van der Waals surface area contributed by atoms with Crippen LogP contribution < -0.4 is 5.32 Å². The molecule has 36 heavy (non-hydrogen) atoms. The summed E-state index contributed by atoms with van der Waals surface area (Å²) in [7, 11) is 0. The van der Waals surface area contributed by atoms with Crippen LogP contribution in [-0.2, 0) is 6.18 Å². The van der Waals surface area contributed by atoms with Gasteiger partial charge in [0.2, 0.25) is 0 Å². The van der Waals surface area contributed by atoms with Gasteiger partial charge in [0.05, 0.1) is 11.9 Å². The van der Waals surface area contributed by atoms with E-state index in [0.717, 1.165) is 11.5 Å². The Labute approximate surface area is 196 Å². The maximum Gasteiger partial charge on any atom is 0.433 e. The molecular formula is C24H11F7N4O. The van der Waals surface area contributed by atoms with E-state index in [9.17, 15) is 35.5 Å². The SMILES string of the molecule is O=C(Nc1c(F)c(F)cc(F)c1F)c1cnn2c(C(F)(F)F)cc(-c3cccc4ccccc34)nc12. The van der Waals surface area contributed by atoms with Crippen molar-refractivity contribution in [3.63, 3.8) is 0 Å². The van der Waals surface area contributed by atoms with Gasteiger partial charge in [-0.05, 0) is 16.8 Å². The first kappa shape index (κ1) is 23.3. The predicted molar refractivity (Wildman–Crippen MR) is 115 cm³/mol. The topological polar surface area (TPSA) is 59.3 Å². The first-order valence-corrected chi connectivity index (χ1v) is 10.1. The number of carbonyl (C=O) groups is 1.